The topological polar surface area (TPSA) is 80.7 Å². The zero-order valence-electron chi connectivity index (χ0n) is 17.6. The molecule has 0 bridgehead atoms. The van der Waals surface area contributed by atoms with Gasteiger partial charge in [0.1, 0.15) is 22.8 Å². The molecule has 6 nitrogen and oxygen atoms in total. The summed E-state index contributed by atoms with van der Waals surface area (Å²) in [6.45, 7) is 0.451. The molecule has 0 spiro atoms. The van der Waals surface area contributed by atoms with Crippen LogP contribution in [0.1, 0.15) is 22.7 Å². The fraction of sp³-hybridized carbons (Fsp3) is 0.154. The zero-order chi connectivity index (χ0) is 22.8. The molecule has 2 N–H and O–H groups in total. The molecule has 3 aromatic carbocycles. The second-order valence-electron chi connectivity index (χ2n) is 7.76. The van der Waals surface area contributed by atoms with Gasteiger partial charge in [0, 0.05) is 23.6 Å². The first kappa shape index (κ1) is 21.1. The number of phenolic OH excluding ortho intramolecular Hbond substituents is 1. The molecule has 2 heterocycles. The first-order valence-corrected chi connectivity index (χ1v) is 11.0. The number of carbonyl (C=O) groups excluding carboxylic acids is 1. The lowest BCUT2D eigenvalue weighted by Gasteiger charge is -2.22. The molecule has 1 atom stereocenters. The minimum atomic E-state index is -0.660. The Morgan fingerprint density at radius 3 is 2.85 bits per heavy atom. The molecule has 1 aromatic heterocycles. The van der Waals surface area contributed by atoms with Gasteiger partial charge in [-0.3, -0.25) is 9.78 Å². The quantitative estimate of drug-likeness (QED) is 0.431. The summed E-state index contributed by atoms with van der Waals surface area (Å²) in [5, 5.41) is 15.2. The number of nitrogens with one attached hydrogen (secondary N) is 1. The van der Waals surface area contributed by atoms with Crippen molar-refractivity contribution in [3.8, 4) is 17.2 Å². The lowest BCUT2D eigenvalue weighted by Crippen LogP contribution is -2.33. The number of phenols is 1. The van der Waals surface area contributed by atoms with Crippen LogP contribution < -0.4 is 14.8 Å². The maximum Gasteiger partial charge on any atom is 0.258 e. The van der Waals surface area contributed by atoms with Crippen LogP contribution in [0, 0.1) is 0 Å². The molecule has 0 saturated heterocycles. The van der Waals surface area contributed by atoms with Crippen molar-refractivity contribution in [3.63, 3.8) is 0 Å². The Hall–Kier alpha value is -3.77. The van der Waals surface area contributed by atoms with E-state index in [4.69, 9.17) is 21.1 Å². The van der Waals surface area contributed by atoms with Gasteiger partial charge in [-0.15, -0.1) is 0 Å². The third-order valence-electron chi connectivity index (χ3n) is 5.62. The molecule has 7 heteroatoms. The molecule has 4 aromatic rings. The number of ether oxygens (including phenoxy) is 2. The standard InChI is InChI=1S/C26H21ClN2O4/c27-21-14-20(26(31)25-19(21)7-4-11-28-25)24(17-8-9-22-16(13-17)10-12-32-22)29-23(30)15-33-18-5-2-1-3-6-18/h1-9,11,13-14,24,31H,10,12,15H2,(H,29,30). The van der Waals surface area contributed by atoms with Crippen molar-refractivity contribution in [3.05, 3.63) is 94.6 Å². The number of nitrogens with zero attached hydrogens (tertiary/aromatic N) is 1. The minimum absolute atomic E-state index is 0.0268. The fourth-order valence-corrected chi connectivity index (χ4v) is 4.29. The van der Waals surface area contributed by atoms with E-state index in [1.54, 1.807) is 36.5 Å². The molecule has 0 fully saturated rings. The molecule has 0 saturated carbocycles. The molecule has 0 aliphatic carbocycles. The van der Waals surface area contributed by atoms with Crippen molar-refractivity contribution < 1.29 is 19.4 Å². The van der Waals surface area contributed by atoms with E-state index in [2.05, 4.69) is 10.3 Å². The molecular weight excluding hydrogens is 440 g/mol. The third-order valence-corrected chi connectivity index (χ3v) is 5.93. The summed E-state index contributed by atoms with van der Waals surface area (Å²) in [7, 11) is 0. The summed E-state index contributed by atoms with van der Waals surface area (Å²) in [5.74, 6) is 1.07. The van der Waals surface area contributed by atoms with E-state index in [1.165, 1.54) is 0 Å². The summed E-state index contributed by atoms with van der Waals surface area (Å²) < 4.78 is 11.2. The molecule has 0 radical (unpaired) electrons. The Kier molecular flexibility index (Phi) is 5.75. The Balaban J connectivity index is 1.51. The zero-order valence-corrected chi connectivity index (χ0v) is 18.4. The van der Waals surface area contributed by atoms with Crippen LogP contribution in [-0.2, 0) is 11.2 Å². The van der Waals surface area contributed by atoms with Crippen LogP contribution in [0.5, 0.6) is 17.2 Å². The van der Waals surface area contributed by atoms with Crippen molar-refractivity contribution in [1.82, 2.24) is 10.3 Å². The van der Waals surface area contributed by atoms with E-state index in [0.717, 1.165) is 23.3 Å². The van der Waals surface area contributed by atoms with Crippen molar-refractivity contribution >= 4 is 28.4 Å². The summed E-state index contributed by atoms with van der Waals surface area (Å²) >= 11 is 6.53. The van der Waals surface area contributed by atoms with E-state index >= 15 is 0 Å². The monoisotopic (exact) mass is 460 g/mol. The highest BCUT2D eigenvalue weighted by atomic mass is 35.5. The van der Waals surface area contributed by atoms with Gasteiger partial charge < -0.3 is 19.9 Å². The number of benzene rings is 3. The van der Waals surface area contributed by atoms with Crippen molar-refractivity contribution in [1.29, 1.82) is 0 Å². The SMILES string of the molecule is O=C(COc1ccccc1)NC(c1ccc2c(c1)CCO2)c1cc(Cl)c2cccnc2c1O. The number of amides is 1. The lowest BCUT2D eigenvalue weighted by molar-refractivity contribution is -0.123. The molecular formula is C26H21ClN2O4. The average Bonchev–Trinajstić information content (AvgIpc) is 3.32. The van der Waals surface area contributed by atoms with Crippen LogP contribution >= 0.6 is 11.6 Å². The van der Waals surface area contributed by atoms with Gasteiger partial charge in [-0.05, 0) is 53.6 Å². The maximum atomic E-state index is 12.9. The minimum Gasteiger partial charge on any atom is -0.505 e. The smallest absolute Gasteiger partial charge is 0.258 e. The first-order valence-electron chi connectivity index (χ1n) is 10.6. The Bertz CT molecular complexity index is 1330. The number of carbonyl (C=O) groups is 1. The number of fused-ring (bicyclic) bond motifs is 2. The lowest BCUT2D eigenvalue weighted by atomic mass is 9.94. The number of hydrogen-bond acceptors (Lipinski definition) is 5. The summed E-state index contributed by atoms with van der Waals surface area (Å²) in [6, 6.07) is 19.4. The predicted molar refractivity (Wildman–Crippen MR) is 126 cm³/mol. The van der Waals surface area contributed by atoms with E-state index < -0.39 is 6.04 Å². The van der Waals surface area contributed by atoms with Gasteiger partial charge in [0.05, 0.1) is 17.7 Å². The second-order valence-corrected chi connectivity index (χ2v) is 8.17. The molecule has 5 rings (SSSR count). The van der Waals surface area contributed by atoms with Gasteiger partial charge in [0.25, 0.3) is 5.91 Å². The second kappa shape index (κ2) is 9.00. The van der Waals surface area contributed by atoms with E-state index in [9.17, 15) is 9.90 Å². The highest BCUT2D eigenvalue weighted by Crippen LogP contribution is 2.39. The van der Waals surface area contributed by atoms with E-state index in [0.29, 0.717) is 33.8 Å². The Morgan fingerprint density at radius 1 is 1.15 bits per heavy atom. The highest BCUT2D eigenvalue weighted by Gasteiger charge is 2.25. The van der Waals surface area contributed by atoms with Crippen LogP contribution in [-0.4, -0.2) is 29.2 Å². The van der Waals surface area contributed by atoms with Crippen molar-refractivity contribution in [2.45, 2.75) is 12.5 Å². The van der Waals surface area contributed by atoms with Crippen LogP contribution in [0.15, 0.2) is 72.9 Å². The van der Waals surface area contributed by atoms with Crippen molar-refractivity contribution in [2.75, 3.05) is 13.2 Å². The number of pyridine rings is 1. The Morgan fingerprint density at radius 2 is 2.00 bits per heavy atom. The van der Waals surface area contributed by atoms with Gasteiger partial charge in [0.15, 0.2) is 6.61 Å². The third kappa shape index (κ3) is 4.30. The molecule has 1 amide bonds. The van der Waals surface area contributed by atoms with Crippen LogP contribution in [0.3, 0.4) is 0 Å². The van der Waals surface area contributed by atoms with E-state index in [-0.39, 0.29) is 18.3 Å². The summed E-state index contributed by atoms with van der Waals surface area (Å²) in [5.41, 5.74) is 2.69. The maximum absolute atomic E-state index is 12.9. The fourth-order valence-electron chi connectivity index (χ4n) is 4.02. The number of hydrogen-bond donors (Lipinski definition) is 2. The number of rotatable bonds is 6. The number of aromatic nitrogens is 1. The van der Waals surface area contributed by atoms with E-state index in [1.807, 2.05) is 36.4 Å². The highest BCUT2D eigenvalue weighted by molar-refractivity contribution is 6.35. The average molecular weight is 461 g/mol. The van der Waals surface area contributed by atoms with Gasteiger partial charge in [-0.1, -0.05) is 35.9 Å². The molecule has 33 heavy (non-hydrogen) atoms. The summed E-state index contributed by atoms with van der Waals surface area (Å²) in [4.78, 5) is 17.2. The molecule has 1 aliphatic heterocycles. The van der Waals surface area contributed by atoms with Crippen LogP contribution in [0.4, 0.5) is 0 Å². The van der Waals surface area contributed by atoms with Crippen LogP contribution in [0.25, 0.3) is 10.9 Å². The van der Waals surface area contributed by atoms with Gasteiger partial charge in [-0.25, -0.2) is 0 Å². The van der Waals surface area contributed by atoms with Crippen LogP contribution in [0.2, 0.25) is 5.02 Å². The normalized spacial score (nSPS) is 13.2. The van der Waals surface area contributed by atoms with Gasteiger partial charge in [-0.2, -0.15) is 0 Å². The van der Waals surface area contributed by atoms with Gasteiger partial charge >= 0.3 is 0 Å². The number of aromatic hydroxyl groups is 1. The predicted octanol–water partition coefficient (Wildman–Crippen LogP) is 4.81. The van der Waals surface area contributed by atoms with Crippen molar-refractivity contribution in [2.24, 2.45) is 0 Å². The Labute approximate surface area is 195 Å². The molecule has 166 valence electrons. The number of para-hydroxylation sites is 1. The summed E-state index contributed by atoms with van der Waals surface area (Å²) in [6.07, 6.45) is 2.38. The largest absolute Gasteiger partial charge is 0.505 e. The van der Waals surface area contributed by atoms with Gasteiger partial charge in [0.2, 0.25) is 0 Å². The first-order chi connectivity index (χ1) is 16.1. The molecule has 1 aliphatic rings. The number of halogens is 1. The molecule has 1 unspecified atom stereocenters.